The molecule has 1 N–H and O–H groups in total. The van der Waals surface area contributed by atoms with E-state index in [1.54, 1.807) is 0 Å². The van der Waals surface area contributed by atoms with E-state index in [-0.39, 0.29) is 5.97 Å². The summed E-state index contributed by atoms with van der Waals surface area (Å²) in [6, 6.07) is 10.7. The molecule has 0 spiro atoms. The van der Waals surface area contributed by atoms with Gasteiger partial charge in [-0.3, -0.25) is 0 Å². The maximum absolute atomic E-state index is 11.7. The highest BCUT2D eigenvalue weighted by Crippen LogP contribution is 2.23. The van der Waals surface area contributed by atoms with Gasteiger partial charge in [-0.15, -0.1) is 0 Å². The predicted octanol–water partition coefficient (Wildman–Crippen LogP) is 8.68. The van der Waals surface area contributed by atoms with E-state index in [9.17, 15) is 4.79 Å². The zero-order valence-electron chi connectivity index (χ0n) is 20.9. The SMILES string of the molecule is CCCCC[Si](C)(C)CCCCCCCCCCCNc1ccc(C(=O)OCC)cc1. The molecule has 1 rings (SSSR count). The Kier molecular flexibility index (Phi) is 15.5. The molecular formula is C27H49NO2Si. The molecule has 4 heteroatoms. The molecule has 0 aliphatic carbocycles. The summed E-state index contributed by atoms with van der Waals surface area (Å²) in [4.78, 5) is 11.7. The van der Waals surface area contributed by atoms with Gasteiger partial charge in [0.2, 0.25) is 0 Å². The first kappa shape index (κ1) is 27.7. The van der Waals surface area contributed by atoms with Crippen LogP contribution in [0.3, 0.4) is 0 Å². The van der Waals surface area contributed by atoms with Crippen LogP contribution in [0, 0.1) is 0 Å². The van der Waals surface area contributed by atoms with Gasteiger partial charge in [-0.1, -0.05) is 103 Å². The van der Waals surface area contributed by atoms with Crippen LogP contribution >= 0.6 is 0 Å². The second-order valence-electron chi connectivity index (χ2n) is 9.78. The van der Waals surface area contributed by atoms with Gasteiger partial charge in [0.1, 0.15) is 0 Å². The van der Waals surface area contributed by atoms with Gasteiger partial charge in [-0.25, -0.2) is 4.79 Å². The zero-order valence-corrected chi connectivity index (χ0v) is 21.9. The number of anilines is 1. The van der Waals surface area contributed by atoms with Crippen LogP contribution in [0.2, 0.25) is 25.2 Å². The van der Waals surface area contributed by atoms with Crippen molar-refractivity contribution in [2.45, 2.75) is 116 Å². The number of carbonyl (C=O) groups is 1. The number of rotatable bonds is 19. The summed E-state index contributed by atoms with van der Waals surface area (Å²) < 4.78 is 5.01. The molecule has 0 saturated heterocycles. The molecule has 0 saturated carbocycles. The maximum atomic E-state index is 11.7. The van der Waals surface area contributed by atoms with Gasteiger partial charge >= 0.3 is 5.97 Å². The van der Waals surface area contributed by atoms with Gasteiger partial charge in [-0.2, -0.15) is 0 Å². The molecule has 0 bridgehead atoms. The number of hydrogen-bond acceptors (Lipinski definition) is 3. The summed E-state index contributed by atoms with van der Waals surface area (Å²) in [7, 11) is -0.897. The summed E-state index contributed by atoms with van der Waals surface area (Å²) in [5.41, 5.74) is 1.69. The molecule has 0 radical (unpaired) electrons. The number of ether oxygens (including phenoxy) is 1. The van der Waals surface area contributed by atoms with Crippen LogP contribution < -0.4 is 5.32 Å². The number of hydrogen-bond donors (Lipinski definition) is 1. The van der Waals surface area contributed by atoms with E-state index in [0.717, 1.165) is 12.2 Å². The third-order valence-electron chi connectivity index (χ3n) is 6.21. The Morgan fingerprint density at radius 2 is 1.29 bits per heavy atom. The summed E-state index contributed by atoms with van der Waals surface area (Å²) in [5.74, 6) is -0.248. The molecule has 0 aliphatic rings. The third-order valence-corrected chi connectivity index (χ3v) is 9.63. The van der Waals surface area contributed by atoms with E-state index in [2.05, 4.69) is 25.3 Å². The molecule has 3 nitrogen and oxygen atoms in total. The Bertz CT molecular complexity index is 571. The fourth-order valence-electron chi connectivity index (χ4n) is 4.12. The molecular weight excluding hydrogens is 398 g/mol. The fraction of sp³-hybridized carbons (Fsp3) is 0.741. The Labute approximate surface area is 193 Å². The average Bonchev–Trinajstić information content (AvgIpc) is 2.75. The molecule has 0 heterocycles. The minimum absolute atomic E-state index is 0.248. The Balaban J connectivity index is 1.93. The van der Waals surface area contributed by atoms with Crippen LogP contribution in [0.1, 0.15) is 101 Å². The number of benzene rings is 1. The van der Waals surface area contributed by atoms with Crippen molar-refractivity contribution in [1.82, 2.24) is 0 Å². The molecule has 0 fully saturated rings. The van der Waals surface area contributed by atoms with Crippen LogP contribution in [0.5, 0.6) is 0 Å². The number of carbonyl (C=O) groups excluding carboxylic acids is 1. The van der Waals surface area contributed by atoms with Gasteiger partial charge < -0.3 is 10.1 Å². The van der Waals surface area contributed by atoms with E-state index in [0.29, 0.717) is 12.2 Å². The molecule has 31 heavy (non-hydrogen) atoms. The van der Waals surface area contributed by atoms with Crippen LogP contribution in [-0.4, -0.2) is 27.2 Å². The Morgan fingerprint density at radius 1 is 0.774 bits per heavy atom. The molecule has 0 aliphatic heterocycles. The standard InChI is InChI=1S/C27H49NO2Si/c1-5-7-16-23-31(3,4)24-17-14-12-10-8-9-11-13-15-22-28-26-20-18-25(19-21-26)27(29)30-6-2/h18-21,28H,5-17,22-24H2,1-4H3. The number of esters is 1. The lowest BCUT2D eigenvalue weighted by Gasteiger charge is -2.22. The second kappa shape index (κ2) is 17.3. The molecule has 0 unspecified atom stereocenters. The lowest BCUT2D eigenvalue weighted by atomic mass is 10.1. The smallest absolute Gasteiger partial charge is 0.338 e. The maximum Gasteiger partial charge on any atom is 0.338 e. The normalized spacial score (nSPS) is 11.5. The molecule has 0 amide bonds. The van der Waals surface area contributed by atoms with Gasteiger partial charge in [0.15, 0.2) is 0 Å². The third kappa shape index (κ3) is 14.4. The summed E-state index contributed by atoms with van der Waals surface area (Å²) >= 11 is 0. The Hall–Kier alpha value is -1.29. The van der Waals surface area contributed by atoms with Crippen LogP contribution in [-0.2, 0) is 4.74 Å². The monoisotopic (exact) mass is 447 g/mol. The highest BCUT2D eigenvalue weighted by atomic mass is 28.3. The number of nitrogens with one attached hydrogen (secondary N) is 1. The minimum Gasteiger partial charge on any atom is -0.462 e. The van der Waals surface area contributed by atoms with Crippen molar-refractivity contribution in [3.05, 3.63) is 29.8 Å². The highest BCUT2D eigenvalue weighted by molar-refractivity contribution is 6.77. The average molecular weight is 448 g/mol. The first-order valence-corrected chi connectivity index (χ1v) is 16.4. The van der Waals surface area contributed by atoms with Gasteiger partial charge in [-0.05, 0) is 37.6 Å². The van der Waals surface area contributed by atoms with E-state index in [1.807, 2.05) is 31.2 Å². The van der Waals surface area contributed by atoms with Crippen molar-refractivity contribution in [2.24, 2.45) is 0 Å². The first-order valence-electron chi connectivity index (χ1n) is 13.0. The molecule has 0 aromatic heterocycles. The van der Waals surface area contributed by atoms with Crippen LogP contribution in [0.4, 0.5) is 5.69 Å². The lowest BCUT2D eigenvalue weighted by molar-refractivity contribution is 0.0526. The zero-order chi connectivity index (χ0) is 22.8. The van der Waals surface area contributed by atoms with E-state index >= 15 is 0 Å². The lowest BCUT2D eigenvalue weighted by Crippen LogP contribution is -2.24. The molecule has 1 aromatic rings. The predicted molar refractivity (Wildman–Crippen MR) is 139 cm³/mol. The highest BCUT2D eigenvalue weighted by Gasteiger charge is 2.18. The topological polar surface area (TPSA) is 38.3 Å². The van der Waals surface area contributed by atoms with Crippen molar-refractivity contribution in [1.29, 1.82) is 0 Å². The van der Waals surface area contributed by atoms with Crippen molar-refractivity contribution >= 4 is 19.7 Å². The van der Waals surface area contributed by atoms with E-state index in [4.69, 9.17) is 4.74 Å². The van der Waals surface area contributed by atoms with Crippen molar-refractivity contribution < 1.29 is 9.53 Å². The summed E-state index contributed by atoms with van der Waals surface area (Å²) in [5, 5.41) is 3.45. The van der Waals surface area contributed by atoms with Crippen LogP contribution in [0.25, 0.3) is 0 Å². The summed E-state index contributed by atoms with van der Waals surface area (Å²) in [6.07, 6.45) is 16.7. The van der Waals surface area contributed by atoms with Gasteiger partial charge in [0.05, 0.1) is 12.2 Å². The Morgan fingerprint density at radius 3 is 1.84 bits per heavy atom. The first-order chi connectivity index (χ1) is 15.0. The van der Waals surface area contributed by atoms with Gasteiger partial charge in [0.25, 0.3) is 0 Å². The van der Waals surface area contributed by atoms with Crippen LogP contribution in [0.15, 0.2) is 24.3 Å². The van der Waals surface area contributed by atoms with Crippen molar-refractivity contribution in [3.63, 3.8) is 0 Å². The van der Waals surface area contributed by atoms with E-state index < -0.39 is 8.07 Å². The van der Waals surface area contributed by atoms with Gasteiger partial charge in [0, 0.05) is 20.3 Å². The second-order valence-corrected chi connectivity index (χ2v) is 15.1. The minimum atomic E-state index is -0.897. The number of unbranched alkanes of at least 4 members (excludes halogenated alkanes) is 10. The fourth-order valence-corrected chi connectivity index (χ4v) is 6.78. The van der Waals surface area contributed by atoms with E-state index in [1.165, 1.54) is 89.1 Å². The van der Waals surface area contributed by atoms with Crippen molar-refractivity contribution in [2.75, 3.05) is 18.5 Å². The largest absolute Gasteiger partial charge is 0.462 e. The summed E-state index contributed by atoms with van der Waals surface area (Å²) in [6.45, 7) is 10.7. The molecule has 1 aromatic carbocycles. The molecule has 0 atom stereocenters. The molecule has 178 valence electrons. The van der Waals surface area contributed by atoms with Crippen molar-refractivity contribution in [3.8, 4) is 0 Å². The quantitative estimate of drug-likeness (QED) is 0.131.